The van der Waals surface area contributed by atoms with Crippen molar-refractivity contribution in [2.45, 2.75) is 6.92 Å². The molecule has 0 spiro atoms. The van der Waals surface area contributed by atoms with Crippen molar-refractivity contribution in [2.75, 3.05) is 46.9 Å². The van der Waals surface area contributed by atoms with Crippen molar-refractivity contribution in [3.05, 3.63) is 59.3 Å². The van der Waals surface area contributed by atoms with Crippen LogP contribution in [0.15, 0.2) is 48.3 Å². The molecule has 0 atom stereocenters. The summed E-state index contributed by atoms with van der Waals surface area (Å²) in [7, 11) is 8.13. The van der Waals surface area contributed by atoms with Crippen LogP contribution in [0.3, 0.4) is 0 Å². The number of ketones is 1. The SMILES string of the molecule is CCOC(=O)C(=C=[N-])C=C(C(=O)c1cc(OC)c(OC)c(OC)c1)[n+]1ccc(N(C)C)cc1. The van der Waals surface area contributed by atoms with Gasteiger partial charge in [0, 0.05) is 43.6 Å². The van der Waals surface area contributed by atoms with Gasteiger partial charge >= 0.3 is 5.97 Å². The van der Waals surface area contributed by atoms with Crippen LogP contribution in [-0.2, 0) is 9.53 Å². The van der Waals surface area contributed by atoms with E-state index in [2.05, 4.69) is 0 Å². The summed E-state index contributed by atoms with van der Waals surface area (Å²) in [6, 6.07) is 6.60. The molecule has 0 aliphatic carbocycles. The average molecular weight is 453 g/mol. The van der Waals surface area contributed by atoms with Crippen molar-refractivity contribution in [1.82, 2.24) is 0 Å². The fraction of sp³-hybridized carbons (Fsp3) is 0.292. The molecule has 0 aliphatic rings. The molecule has 0 bridgehead atoms. The van der Waals surface area contributed by atoms with Crippen LogP contribution in [0.5, 0.6) is 17.2 Å². The summed E-state index contributed by atoms with van der Waals surface area (Å²) in [4.78, 5) is 27.7. The smallest absolute Gasteiger partial charge is 0.344 e. The molecule has 0 fully saturated rings. The second-order valence-electron chi connectivity index (χ2n) is 6.88. The number of esters is 1. The van der Waals surface area contributed by atoms with Gasteiger partial charge in [-0.2, -0.15) is 4.57 Å². The molecule has 1 heterocycles. The zero-order valence-corrected chi connectivity index (χ0v) is 19.5. The maximum Gasteiger partial charge on any atom is 0.344 e. The van der Waals surface area contributed by atoms with Crippen molar-refractivity contribution >= 4 is 29.0 Å². The number of anilines is 1. The molecule has 1 aromatic carbocycles. The monoisotopic (exact) mass is 453 g/mol. The molecule has 0 saturated carbocycles. The number of carbonyl (C=O) groups is 2. The molecule has 0 amide bonds. The van der Waals surface area contributed by atoms with Crippen LogP contribution in [0, 0.1) is 0 Å². The van der Waals surface area contributed by atoms with E-state index in [0.29, 0.717) is 17.2 Å². The van der Waals surface area contributed by atoms with Crippen LogP contribution >= 0.6 is 0 Å². The van der Waals surface area contributed by atoms with Gasteiger partial charge < -0.3 is 29.3 Å². The number of Topliss-reactive ketones (excluding diaryl/α,β-unsaturated/α-hetero) is 1. The predicted molar refractivity (Wildman–Crippen MR) is 124 cm³/mol. The first-order valence-corrected chi connectivity index (χ1v) is 10.0. The number of nitrogens with zero attached hydrogens (tertiary/aromatic N) is 3. The number of rotatable bonds is 10. The Hall–Kier alpha value is -4.10. The zero-order valence-electron chi connectivity index (χ0n) is 19.5. The van der Waals surface area contributed by atoms with Gasteiger partial charge in [-0.15, -0.1) is 0 Å². The van der Waals surface area contributed by atoms with Crippen molar-refractivity contribution in [1.29, 1.82) is 0 Å². The molecule has 174 valence electrons. The lowest BCUT2D eigenvalue weighted by molar-refractivity contribution is -0.576. The summed E-state index contributed by atoms with van der Waals surface area (Å²) < 4.78 is 22.5. The Labute approximate surface area is 193 Å². The van der Waals surface area contributed by atoms with Crippen LogP contribution in [0.1, 0.15) is 17.3 Å². The van der Waals surface area contributed by atoms with Crippen molar-refractivity contribution in [3.63, 3.8) is 0 Å². The third kappa shape index (κ3) is 5.78. The van der Waals surface area contributed by atoms with Gasteiger partial charge in [0.25, 0.3) is 11.5 Å². The van der Waals surface area contributed by atoms with E-state index in [4.69, 9.17) is 18.9 Å². The Morgan fingerprint density at radius 1 is 1.06 bits per heavy atom. The minimum absolute atomic E-state index is 0.0548. The number of hydrogen-bond acceptors (Lipinski definition) is 7. The van der Waals surface area contributed by atoms with Gasteiger partial charge in [-0.25, -0.2) is 4.79 Å². The normalized spacial score (nSPS) is 10.7. The molecule has 0 aliphatic heterocycles. The van der Waals surface area contributed by atoms with E-state index in [-0.39, 0.29) is 23.4 Å². The molecule has 1 aromatic heterocycles. The molecular formula is C24H27N3O6. The lowest BCUT2D eigenvalue weighted by Crippen LogP contribution is -2.36. The van der Waals surface area contributed by atoms with Crippen molar-refractivity contribution in [2.24, 2.45) is 0 Å². The largest absolute Gasteiger partial charge is 0.763 e. The summed E-state index contributed by atoms with van der Waals surface area (Å²) in [5, 5.41) is 9.50. The van der Waals surface area contributed by atoms with Crippen LogP contribution < -0.4 is 23.7 Å². The molecule has 0 radical (unpaired) electrons. The molecular weight excluding hydrogens is 426 g/mol. The number of carbonyl (C=O) groups excluding carboxylic acids is 2. The molecule has 2 rings (SSSR count). The van der Waals surface area contributed by atoms with Crippen molar-refractivity contribution < 1.29 is 33.1 Å². The first kappa shape index (κ1) is 25.2. The highest BCUT2D eigenvalue weighted by Gasteiger charge is 2.27. The Morgan fingerprint density at radius 3 is 2.06 bits per heavy atom. The third-order valence-corrected chi connectivity index (χ3v) is 4.66. The van der Waals surface area contributed by atoms with Gasteiger partial charge in [0.2, 0.25) is 5.75 Å². The van der Waals surface area contributed by atoms with E-state index >= 15 is 0 Å². The van der Waals surface area contributed by atoms with Gasteiger partial charge in [-0.1, -0.05) is 0 Å². The number of aromatic nitrogens is 1. The molecule has 9 heteroatoms. The summed E-state index contributed by atoms with van der Waals surface area (Å²) in [5.74, 6) is 1.43. The lowest BCUT2D eigenvalue weighted by atomic mass is 10.0. The van der Waals surface area contributed by atoms with E-state index in [0.717, 1.165) is 5.69 Å². The van der Waals surface area contributed by atoms with Crippen LogP contribution in [0.25, 0.3) is 11.1 Å². The molecule has 0 unspecified atom stereocenters. The standard InChI is InChI=1S/C24H27N3O6/c1-7-33-24(29)17(15-25)12-19(27-10-8-18(9-11-27)26(2)3)22(28)16-13-20(30-4)23(32-6)21(14-16)31-5/h8-14H,7H2,1-6H3. The highest BCUT2D eigenvalue weighted by Crippen LogP contribution is 2.38. The average Bonchev–Trinajstić information content (AvgIpc) is 2.83. The predicted octanol–water partition coefficient (Wildman–Crippen LogP) is 2.52. The first-order valence-electron chi connectivity index (χ1n) is 10.0. The second kappa shape index (κ2) is 11.5. The fourth-order valence-electron chi connectivity index (χ4n) is 2.98. The quantitative estimate of drug-likeness (QED) is 0.136. The molecule has 0 saturated heterocycles. The Balaban J connectivity index is 2.69. The highest BCUT2D eigenvalue weighted by molar-refractivity contribution is 6.23. The number of ether oxygens (including phenoxy) is 4. The van der Waals surface area contributed by atoms with Gasteiger partial charge in [0.15, 0.2) is 23.9 Å². The van der Waals surface area contributed by atoms with Crippen LogP contribution in [0.4, 0.5) is 5.69 Å². The number of allylic oxidation sites excluding steroid dienone is 1. The van der Waals surface area contributed by atoms with Crippen LogP contribution in [0.2, 0.25) is 0 Å². The molecule has 33 heavy (non-hydrogen) atoms. The van der Waals surface area contributed by atoms with E-state index in [1.54, 1.807) is 31.5 Å². The summed E-state index contributed by atoms with van der Waals surface area (Å²) in [6.45, 7) is 1.73. The topological polar surface area (TPSA) is 100 Å². The Bertz CT molecular complexity index is 1070. The molecule has 0 N–H and O–H groups in total. The van der Waals surface area contributed by atoms with Gasteiger partial charge in [-0.3, -0.25) is 10.7 Å². The Morgan fingerprint density at radius 2 is 1.64 bits per heavy atom. The maximum atomic E-state index is 13.6. The van der Waals surface area contributed by atoms with Gasteiger partial charge in [0.1, 0.15) is 0 Å². The fourth-order valence-corrected chi connectivity index (χ4v) is 2.98. The minimum Gasteiger partial charge on any atom is -0.763 e. The van der Waals surface area contributed by atoms with Gasteiger partial charge in [0.05, 0.1) is 33.5 Å². The summed E-state index contributed by atoms with van der Waals surface area (Å²) in [5.41, 5.74) is 0.859. The number of benzene rings is 1. The summed E-state index contributed by atoms with van der Waals surface area (Å²) >= 11 is 0. The van der Waals surface area contributed by atoms with Crippen LogP contribution in [-0.4, -0.2) is 59.7 Å². The second-order valence-corrected chi connectivity index (χ2v) is 6.88. The molecule has 9 nitrogen and oxygen atoms in total. The van der Waals surface area contributed by atoms with E-state index < -0.39 is 11.8 Å². The van der Waals surface area contributed by atoms with E-state index in [1.807, 2.05) is 24.9 Å². The number of hydrogen-bond donors (Lipinski definition) is 0. The van der Waals surface area contributed by atoms with E-state index in [9.17, 15) is 15.0 Å². The zero-order chi connectivity index (χ0) is 24.5. The van der Waals surface area contributed by atoms with Gasteiger partial charge in [-0.05, 0) is 19.1 Å². The first-order chi connectivity index (χ1) is 15.8. The minimum atomic E-state index is -0.819. The maximum absolute atomic E-state index is 13.6. The third-order valence-electron chi connectivity index (χ3n) is 4.66. The lowest BCUT2D eigenvalue weighted by Gasteiger charge is -2.14. The summed E-state index contributed by atoms with van der Waals surface area (Å²) in [6.07, 6.45) is 4.53. The molecule has 2 aromatic rings. The number of pyridine rings is 1. The van der Waals surface area contributed by atoms with Crippen molar-refractivity contribution in [3.8, 4) is 17.2 Å². The van der Waals surface area contributed by atoms with E-state index in [1.165, 1.54) is 44.1 Å². The number of methoxy groups -OCH3 is 3. The highest BCUT2D eigenvalue weighted by atomic mass is 16.5. The Kier molecular flexibility index (Phi) is 8.77.